The van der Waals surface area contributed by atoms with E-state index in [0.29, 0.717) is 5.69 Å². The van der Waals surface area contributed by atoms with Crippen molar-refractivity contribution in [2.45, 2.75) is 6.42 Å². The predicted octanol–water partition coefficient (Wildman–Crippen LogP) is 2.69. The van der Waals surface area contributed by atoms with Crippen molar-refractivity contribution in [3.63, 3.8) is 0 Å². The van der Waals surface area contributed by atoms with E-state index in [9.17, 15) is 9.59 Å². The second-order valence-corrected chi connectivity index (χ2v) is 4.80. The number of halogens is 1. The molecule has 0 saturated heterocycles. The summed E-state index contributed by atoms with van der Waals surface area (Å²) in [7, 11) is 3.07. The van der Waals surface area contributed by atoms with E-state index in [2.05, 4.69) is 20.7 Å². The Labute approximate surface area is 113 Å². The third-order valence-electron chi connectivity index (χ3n) is 2.83. The number of esters is 1. The van der Waals surface area contributed by atoms with Crippen LogP contribution in [0.4, 0.5) is 0 Å². The zero-order valence-corrected chi connectivity index (χ0v) is 11.7. The first kappa shape index (κ1) is 12.8. The zero-order chi connectivity index (χ0) is 13.3. The van der Waals surface area contributed by atoms with E-state index in [1.807, 2.05) is 18.2 Å². The van der Waals surface area contributed by atoms with Gasteiger partial charge in [-0.1, -0.05) is 12.1 Å². The molecule has 0 saturated carbocycles. The standard InChI is InChI=1S/C13H12BrNO3/c1-15-10(11(16)7-12(17)18-2)6-8-4-3-5-9(14)13(8)15/h3-6H,7H2,1-2H3. The summed E-state index contributed by atoms with van der Waals surface area (Å²) in [4.78, 5) is 23.1. The fourth-order valence-corrected chi connectivity index (χ4v) is 2.58. The van der Waals surface area contributed by atoms with Crippen LogP contribution in [0.3, 0.4) is 0 Å². The lowest BCUT2D eigenvalue weighted by Crippen LogP contribution is -2.12. The maximum Gasteiger partial charge on any atom is 0.313 e. The highest BCUT2D eigenvalue weighted by Crippen LogP contribution is 2.27. The molecule has 1 aromatic heterocycles. The van der Waals surface area contributed by atoms with E-state index in [1.165, 1.54) is 7.11 Å². The van der Waals surface area contributed by atoms with Gasteiger partial charge in [-0.2, -0.15) is 0 Å². The number of hydrogen-bond acceptors (Lipinski definition) is 3. The number of para-hydroxylation sites is 1. The summed E-state index contributed by atoms with van der Waals surface area (Å²) in [5.41, 5.74) is 1.44. The topological polar surface area (TPSA) is 48.3 Å². The maximum atomic E-state index is 12.0. The summed E-state index contributed by atoms with van der Waals surface area (Å²) in [5.74, 6) is -0.767. The second kappa shape index (κ2) is 4.94. The molecule has 5 heteroatoms. The van der Waals surface area contributed by atoms with E-state index in [-0.39, 0.29) is 12.2 Å². The molecule has 0 spiro atoms. The van der Waals surface area contributed by atoms with Crippen molar-refractivity contribution in [1.29, 1.82) is 0 Å². The SMILES string of the molecule is COC(=O)CC(=O)c1cc2cccc(Br)c2n1C. The number of methoxy groups -OCH3 is 1. The second-order valence-electron chi connectivity index (χ2n) is 3.94. The Morgan fingerprint density at radius 1 is 1.39 bits per heavy atom. The molecule has 0 N–H and O–H groups in total. The maximum absolute atomic E-state index is 12.0. The van der Waals surface area contributed by atoms with Crippen LogP contribution < -0.4 is 0 Å². The Hall–Kier alpha value is -1.62. The van der Waals surface area contributed by atoms with Gasteiger partial charge in [0.1, 0.15) is 6.42 Å². The average molecular weight is 310 g/mol. The van der Waals surface area contributed by atoms with Gasteiger partial charge in [0.2, 0.25) is 0 Å². The van der Waals surface area contributed by atoms with Crippen LogP contribution in [0.5, 0.6) is 0 Å². The van der Waals surface area contributed by atoms with Crippen LogP contribution in [0.25, 0.3) is 10.9 Å². The number of nitrogens with zero attached hydrogens (tertiary/aromatic N) is 1. The predicted molar refractivity (Wildman–Crippen MR) is 71.6 cm³/mol. The first-order chi connectivity index (χ1) is 8.54. The quantitative estimate of drug-likeness (QED) is 0.497. The number of carbonyl (C=O) groups excluding carboxylic acids is 2. The molecule has 0 amide bonds. The Bertz CT molecular complexity index is 630. The highest BCUT2D eigenvalue weighted by Gasteiger charge is 2.17. The third kappa shape index (κ3) is 2.18. The molecule has 0 fully saturated rings. The molecule has 0 aliphatic heterocycles. The third-order valence-corrected chi connectivity index (χ3v) is 3.47. The Balaban J connectivity index is 2.46. The first-order valence-electron chi connectivity index (χ1n) is 5.38. The number of carbonyl (C=O) groups is 2. The molecular weight excluding hydrogens is 298 g/mol. The zero-order valence-electron chi connectivity index (χ0n) is 10.1. The van der Waals surface area contributed by atoms with Gasteiger partial charge in [-0.25, -0.2) is 0 Å². The smallest absolute Gasteiger partial charge is 0.313 e. The van der Waals surface area contributed by atoms with Crippen molar-refractivity contribution < 1.29 is 14.3 Å². The van der Waals surface area contributed by atoms with Gasteiger partial charge in [-0.15, -0.1) is 0 Å². The van der Waals surface area contributed by atoms with Crippen molar-refractivity contribution in [2.75, 3.05) is 7.11 Å². The summed E-state index contributed by atoms with van der Waals surface area (Å²) in [6, 6.07) is 7.53. The van der Waals surface area contributed by atoms with Crippen LogP contribution in [-0.4, -0.2) is 23.4 Å². The lowest BCUT2D eigenvalue weighted by atomic mass is 10.2. The highest BCUT2D eigenvalue weighted by atomic mass is 79.9. The molecule has 2 rings (SSSR count). The van der Waals surface area contributed by atoms with Gasteiger partial charge < -0.3 is 9.30 Å². The van der Waals surface area contributed by atoms with Gasteiger partial charge in [-0.05, 0) is 28.1 Å². The normalized spacial score (nSPS) is 10.6. The van der Waals surface area contributed by atoms with Crippen molar-refractivity contribution in [3.8, 4) is 0 Å². The molecule has 0 atom stereocenters. The van der Waals surface area contributed by atoms with Gasteiger partial charge in [0.15, 0.2) is 5.78 Å². The number of hydrogen-bond donors (Lipinski definition) is 0. The monoisotopic (exact) mass is 309 g/mol. The Kier molecular flexibility index (Phi) is 3.52. The van der Waals surface area contributed by atoms with E-state index >= 15 is 0 Å². The summed E-state index contributed by atoms with van der Waals surface area (Å²) >= 11 is 3.45. The highest BCUT2D eigenvalue weighted by molar-refractivity contribution is 9.10. The minimum Gasteiger partial charge on any atom is -0.469 e. The first-order valence-corrected chi connectivity index (χ1v) is 6.18. The molecule has 0 aliphatic carbocycles. The van der Waals surface area contributed by atoms with Gasteiger partial charge in [0.25, 0.3) is 0 Å². The van der Waals surface area contributed by atoms with E-state index in [4.69, 9.17) is 0 Å². The van der Waals surface area contributed by atoms with Crippen molar-refractivity contribution in [2.24, 2.45) is 7.05 Å². The lowest BCUT2D eigenvalue weighted by molar-refractivity contribution is -0.139. The number of fused-ring (bicyclic) bond motifs is 1. The molecular formula is C13H12BrNO3. The number of benzene rings is 1. The lowest BCUT2D eigenvalue weighted by Gasteiger charge is -2.03. The molecule has 1 aromatic carbocycles. The summed E-state index contributed by atoms with van der Waals surface area (Å²) in [6.07, 6.45) is -0.238. The molecule has 2 aromatic rings. The van der Waals surface area contributed by atoms with Crippen LogP contribution in [-0.2, 0) is 16.6 Å². The molecule has 0 unspecified atom stereocenters. The minimum absolute atomic E-state index is 0.238. The summed E-state index contributed by atoms with van der Waals surface area (Å²) in [6.45, 7) is 0. The van der Waals surface area contributed by atoms with Crippen molar-refractivity contribution in [1.82, 2.24) is 4.57 Å². The molecule has 18 heavy (non-hydrogen) atoms. The molecule has 0 bridgehead atoms. The number of aromatic nitrogens is 1. The van der Waals surface area contributed by atoms with Crippen LogP contribution in [0.15, 0.2) is 28.7 Å². The molecule has 1 heterocycles. The average Bonchev–Trinajstić information content (AvgIpc) is 2.68. The van der Waals surface area contributed by atoms with Gasteiger partial charge >= 0.3 is 5.97 Å². The fourth-order valence-electron chi connectivity index (χ4n) is 1.93. The van der Waals surface area contributed by atoms with Gasteiger partial charge in [-0.3, -0.25) is 9.59 Å². The molecule has 4 nitrogen and oxygen atoms in total. The van der Waals surface area contributed by atoms with E-state index < -0.39 is 5.97 Å². The van der Waals surface area contributed by atoms with Crippen LogP contribution in [0.1, 0.15) is 16.9 Å². The van der Waals surface area contributed by atoms with Gasteiger partial charge in [0, 0.05) is 16.9 Å². The minimum atomic E-state index is -0.524. The van der Waals surface area contributed by atoms with E-state index in [0.717, 1.165) is 15.4 Å². The molecule has 0 aliphatic rings. The Morgan fingerprint density at radius 2 is 2.11 bits per heavy atom. The van der Waals surface area contributed by atoms with Crippen LogP contribution in [0, 0.1) is 0 Å². The van der Waals surface area contributed by atoms with Crippen LogP contribution >= 0.6 is 15.9 Å². The number of aryl methyl sites for hydroxylation is 1. The largest absolute Gasteiger partial charge is 0.469 e. The summed E-state index contributed by atoms with van der Waals surface area (Å²) < 4.78 is 7.20. The van der Waals surface area contributed by atoms with Gasteiger partial charge in [0.05, 0.1) is 18.3 Å². The number of rotatable bonds is 3. The fraction of sp³-hybridized carbons (Fsp3) is 0.231. The number of ether oxygens (including phenoxy) is 1. The van der Waals surface area contributed by atoms with Crippen LogP contribution in [0.2, 0.25) is 0 Å². The van der Waals surface area contributed by atoms with E-state index in [1.54, 1.807) is 17.7 Å². The van der Waals surface area contributed by atoms with Crippen molar-refractivity contribution >= 4 is 38.6 Å². The number of ketones is 1. The van der Waals surface area contributed by atoms with Crippen molar-refractivity contribution in [3.05, 3.63) is 34.4 Å². The number of Topliss-reactive ketones (excluding diaryl/α,β-unsaturated/α-hetero) is 1. The summed E-state index contributed by atoms with van der Waals surface area (Å²) in [5, 5.41) is 0.958. The molecule has 0 radical (unpaired) electrons. The Morgan fingerprint density at radius 3 is 2.72 bits per heavy atom. The molecule has 94 valence electrons.